The summed E-state index contributed by atoms with van der Waals surface area (Å²) < 4.78 is 25.3. The maximum absolute atomic E-state index is 14.0. The van der Waals surface area contributed by atoms with E-state index in [1.54, 1.807) is 29.4 Å². The molecule has 0 radical (unpaired) electrons. The summed E-state index contributed by atoms with van der Waals surface area (Å²) in [5.41, 5.74) is 0.464. The zero-order valence-corrected chi connectivity index (χ0v) is 13.2. The first-order chi connectivity index (χ1) is 10.0. The predicted molar refractivity (Wildman–Crippen MR) is 81.6 cm³/mol. The highest BCUT2D eigenvalue weighted by molar-refractivity contribution is 7.84. The Bertz CT molecular complexity index is 538. The van der Waals surface area contributed by atoms with E-state index in [4.69, 9.17) is 0 Å². The smallest absolute Gasteiger partial charge is 0.241 e. The number of nitrogens with one attached hydrogen (secondary N) is 1. The fourth-order valence-corrected chi connectivity index (χ4v) is 3.05. The Labute approximate surface area is 127 Å². The minimum absolute atomic E-state index is 0.0319. The molecule has 0 aromatic heterocycles. The van der Waals surface area contributed by atoms with Crippen LogP contribution in [0.25, 0.3) is 0 Å². The van der Waals surface area contributed by atoms with Gasteiger partial charge in [0.05, 0.1) is 6.04 Å². The van der Waals surface area contributed by atoms with Gasteiger partial charge in [-0.25, -0.2) is 4.39 Å². The number of hydrogen-bond donors (Lipinski definition) is 1. The minimum Gasteiger partial charge on any atom is -0.321 e. The predicted octanol–water partition coefficient (Wildman–Crippen LogP) is 1.80. The summed E-state index contributed by atoms with van der Waals surface area (Å²) in [7, 11) is -0.984. The van der Waals surface area contributed by atoms with Crippen molar-refractivity contribution < 1.29 is 13.4 Å². The lowest BCUT2D eigenvalue weighted by atomic mass is 10.1. The lowest BCUT2D eigenvalue weighted by molar-refractivity contribution is -0.130. The highest BCUT2D eigenvalue weighted by Crippen LogP contribution is 2.28. The van der Waals surface area contributed by atoms with Crippen LogP contribution in [-0.2, 0) is 15.6 Å². The molecule has 0 saturated carbocycles. The molecule has 0 aliphatic carbocycles. The molecular weight excluding hydrogens is 291 g/mol. The van der Waals surface area contributed by atoms with Gasteiger partial charge in [0.2, 0.25) is 5.91 Å². The van der Waals surface area contributed by atoms with E-state index in [0.29, 0.717) is 17.9 Å². The average Bonchev–Trinajstić information content (AvgIpc) is 2.74. The highest BCUT2D eigenvalue weighted by atomic mass is 32.2. The molecule has 6 heteroatoms. The van der Waals surface area contributed by atoms with Gasteiger partial charge in [0.25, 0.3) is 0 Å². The van der Waals surface area contributed by atoms with Crippen molar-refractivity contribution in [2.24, 2.45) is 0 Å². The van der Waals surface area contributed by atoms with Crippen LogP contribution in [0.5, 0.6) is 0 Å². The molecule has 1 N–H and O–H groups in total. The van der Waals surface area contributed by atoms with Crippen molar-refractivity contribution in [3.63, 3.8) is 0 Å². The summed E-state index contributed by atoms with van der Waals surface area (Å²) >= 11 is 0. The van der Waals surface area contributed by atoms with Gasteiger partial charge < -0.3 is 4.90 Å². The van der Waals surface area contributed by atoms with Crippen LogP contribution in [0.2, 0.25) is 0 Å². The van der Waals surface area contributed by atoms with Crippen molar-refractivity contribution in [3.05, 3.63) is 35.6 Å². The highest BCUT2D eigenvalue weighted by Gasteiger charge is 2.39. The fraction of sp³-hybridized carbons (Fsp3) is 0.533. The van der Waals surface area contributed by atoms with Gasteiger partial charge in [-0.2, -0.15) is 0 Å². The molecule has 1 fully saturated rings. The van der Waals surface area contributed by atoms with Gasteiger partial charge in [0.15, 0.2) is 0 Å². The number of amides is 1. The molecule has 1 aliphatic rings. The number of carbonyl (C=O) groups excluding carboxylic acids is 1. The maximum Gasteiger partial charge on any atom is 0.241 e. The molecule has 4 nitrogen and oxygen atoms in total. The summed E-state index contributed by atoms with van der Waals surface area (Å²) in [5.74, 6) is 0.0372. The molecule has 1 aromatic rings. The lowest BCUT2D eigenvalue weighted by Gasteiger charge is -2.24. The topological polar surface area (TPSA) is 49.4 Å². The van der Waals surface area contributed by atoms with Crippen molar-refractivity contribution in [1.29, 1.82) is 0 Å². The molecule has 2 rings (SSSR count). The number of halogens is 1. The van der Waals surface area contributed by atoms with Crippen molar-refractivity contribution >= 4 is 16.7 Å². The summed E-state index contributed by atoms with van der Waals surface area (Å²) in [5, 5.41) is 3.21. The van der Waals surface area contributed by atoms with Crippen LogP contribution in [-0.4, -0.2) is 39.6 Å². The van der Waals surface area contributed by atoms with Gasteiger partial charge in [0.1, 0.15) is 12.0 Å². The second-order valence-electron chi connectivity index (χ2n) is 5.24. The first-order valence-corrected chi connectivity index (χ1v) is 8.88. The van der Waals surface area contributed by atoms with E-state index in [-0.39, 0.29) is 17.8 Å². The van der Waals surface area contributed by atoms with E-state index in [2.05, 4.69) is 5.32 Å². The minimum atomic E-state index is -0.984. The lowest BCUT2D eigenvalue weighted by Crippen LogP contribution is -2.34. The Kier molecular flexibility index (Phi) is 5.47. The van der Waals surface area contributed by atoms with Gasteiger partial charge in [-0.3, -0.25) is 14.3 Å². The molecule has 1 aromatic carbocycles. The first kappa shape index (κ1) is 16.1. The molecule has 1 aliphatic heterocycles. The second kappa shape index (κ2) is 7.13. The third kappa shape index (κ3) is 3.68. The van der Waals surface area contributed by atoms with Crippen LogP contribution in [0.3, 0.4) is 0 Å². The summed E-state index contributed by atoms with van der Waals surface area (Å²) in [6.07, 6.45) is 2.73. The van der Waals surface area contributed by atoms with E-state index in [9.17, 15) is 13.4 Å². The normalized spacial score (nSPS) is 23.6. The number of rotatable bonds is 6. The molecular formula is C15H21FN2O2S. The standard InChI is InChI=1S/C15H21FN2O2S/c1-3-6-13-15(19)18(9-10-21(2)20)14(17-13)11-7-4-5-8-12(11)16/h4-5,7-8,13-14,17H,3,6,9-10H2,1-2H3. The average molecular weight is 312 g/mol. The molecule has 1 amide bonds. The molecule has 1 heterocycles. The molecule has 0 bridgehead atoms. The van der Waals surface area contributed by atoms with Gasteiger partial charge >= 0.3 is 0 Å². The van der Waals surface area contributed by atoms with Gasteiger partial charge in [-0.05, 0) is 12.5 Å². The van der Waals surface area contributed by atoms with Crippen molar-refractivity contribution in [3.8, 4) is 0 Å². The number of carbonyl (C=O) groups is 1. The number of nitrogens with zero attached hydrogens (tertiary/aromatic N) is 1. The largest absolute Gasteiger partial charge is 0.321 e. The third-order valence-electron chi connectivity index (χ3n) is 3.65. The molecule has 3 unspecified atom stereocenters. The third-order valence-corrected chi connectivity index (χ3v) is 4.41. The second-order valence-corrected chi connectivity index (χ2v) is 6.80. The van der Waals surface area contributed by atoms with Crippen LogP contribution in [0.15, 0.2) is 24.3 Å². The Balaban J connectivity index is 2.25. The van der Waals surface area contributed by atoms with Crippen LogP contribution >= 0.6 is 0 Å². The first-order valence-electron chi connectivity index (χ1n) is 7.15. The Morgan fingerprint density at radius 1 is 1.38 bits per heavy atom. The quantitative estimate of drug-likeness (QED) is 0.871. The van der Waals surface area contributed by atoms with E-state index < -0.39 is 17.0 Å². The van der Waals surface area contributed by atoms with E-state index in [1.807, 2.05) is 6.92 Å². The molecule has 1 saturated heterocycles. The zero-order chi connectivity index (χ0) is 15.4. The Morgan fingerprint density at radius 2 is 2.10 bits per heavy atom. The van der Waals surface area contributed by atoms with E-state index in [1.165, 1.54) is 6.07 Å². The fourth-order valence-electron chi connectivity index (χ4n) is 2.60. The summed E-state index contributed by atoms with van der Waals surface area (Å²) in [6.45, 7) is 2.38. The van der Waals surface area contributed by atoms with Crippen LogP contribution in [0.4, 0.5) is 4.39 Å². The molecule has 21 heavy (non-hydrogen) atoms. The number of hydrogen-bond acceptors (Lipinski definition) is 3. The van der Waals surface area contributed by atoms with E-state index >= 15 is 0 Å². The van der Waals surface area contributed by atoms with Crippen molar-refractivity contribution in [2.75, 3.05) is 18.6 Å². The number of benzene rings is 1. The zero-order valence-electron chi connectivity index (χ0n) is 12.3. The monoisotopic (exact) mass is 312 g/mol. The van der Waals surface area contributed by atoms with Gasteiger partial charge in [-0.15, -0.1) is 0 Å². The van der Waals surface area contributed by atoms with Gasteiger partial charge in [0, 0.05) is 34.9 Å². The molecule has 116 valence electrons. The molecule has 0 spiro atoms. The SMILES string of the molecule is CCCC1NC(c2ccccc2F)N(CCS(C)=O)C1=O. The summed E-state index contributed by atoms with van der Waals surface area (Å²) in [4.78, 5) is 14.1. The van der Waals surface area contributed by atoms with Gasteiger partial charge in [-0.1, -0.05) is 31.5 Å². The summed E-state index contributed by atoms with van der Waals surface area (Å²) in [6, 6.07) is 6.18. The maximum atomic E-state index is 14.0. The van der Waals surface area contributed by atoms with Crippen LogP contribution in [0, 0.1) is 5.82 Å². The van der Waals surface area contributed by atoms with Crippen LogP contribution < -0.4 is 5.32 Å². The van der Waals surface area contributed by atoms with Crippen molar-refractivity contribution in [1.82, 2.24) is 10.2 Å². The molecule has 3 atom stereocenters. The van der Waals surface area contributed by atoms with Crippen molar-refractivity contribution in [2.45, 2.75) is 32.0 Å². The Hall–Kier alpha value is -1.27. The Morgan fingerprint density at radius 3 is 2.71 bits per heavy atom. The van der Waals surface area contributed by atoms with Crippen LogP contribution in [0.1, 0.15) is 31.5 Å². The van der Waals surface area contributed by atoms with E-state index in [0.717, 1.165) is 12.8 Å².